The maximum Gasteiger partial charge on any atom is 0.251 e. The van der Waals surface area contributed by atoms with Crippen LogP contribution in [0.25, 0.3) is 0 Å². The van der Waals surface area contributed by atoms with Gasteiger partial charge >= 0.3 is 0 Å². The number of carbonyl (C=O) groups excluding carboxylic acids is 1. The molecule has 2 aromatic rings. The molecule has 28 heavy (non-hydrogen) atoms. The normalized spacial score (nSPS) is 13.2. The Balaban J connectivity index is 2.21. The zero-order valence-electron chi connectivity index (χ0n) is 17.5. The first-order valence-electron chi connectivity index (χ1n) is 10.3. The van der Waals surface area contributed by atoms with Crippen LogP contribution in [0.5, 0.6) is 0 Å². The highest BCUT2D eigenvalue weighted by molar-refractivity contribution is 6.30. The summed E-state index contributed by atoms with van der Waals surface area (Å²) >= 11 is 5.91. The van der Waals surface area contributed by atoms with Crippen LogP contribution in [0.2, 0.25) is 5.02 Å². The summed E-state index contributed by atoms with van der Waals surface area (Å²) in [6, 6.07) is 13.6. The monoisotopic (exact) mass is 400 g/mol. The van der Waals surface area contributed by atoms with Crippen molar-refractivity contribution in [1.29, 1.82) is 0 Å². The number of hydrogen-bond acceptors (Lipinski definition) is 2. The summed E-state index contributed by atoms with van der Waals surface area (Å²) in [6.07, 6.45) is 4.56. The van der Waals surface area contributed by atoms with Gasteiger partial charge in [0.05, 0.1) is 6.04 Å². The van der Waals surface area contributed by atoms with E-state index in [0.29, 0.717) is 16.5 Å². The standard InChI is InChI=1S/C24H33ClN2O/c1-5-7-18(6-2)23-13-10-20(16-21(23)14-15-26-4)17(3)27-24(28)19-8-11-22(25)12-9-19/h8-13,16-18,26H,5-7,14-15H2,1-4H3,(H,27,28). The van der Waals surface area contributed by atoms with Crippen LogP contribution in [0.4, 0.5) is 0 Å². The van der Waals surface area contributed by atoms with Gasteiger partial charge in [0, 0.05) is 10.6 Å². The van der Waals surface area contributed by atoms with Crippen LogP contribution < -0.4 is 10.6 Å². The van der Waals surface area contributed by atoms with Crippen molar-refractivity contribution in [2.24, 2.45) is 0 Å². The molecule has 0 spiro atoms. The van der Waals surface area contributed by atoms with Crippen LogP contribution in [0.15, 0.2) is 42.5 Å². The van der Waals surface area contributed by atoms with Gasteiger partial charge in [0.25, 0.3) is 5.91 Å². The van der Waals surface area contributed by atoms with E-state index in [1.54, 1.807) is 24.3 Å². The maximum absolute atomic E-state index is 12.5. The van der Waals surface area contributed by atoms with Gasteiger partial charge in [0.2, 0.25) is 0 Å². The fourth-order valence-corrected chi connectivity index (χ4v) is 3.79. The van der Waals surface area contributed by atoms with Gasteiger partial charge < -0.3 is 10.6 Å². The van der Waals surface area contributed by atoms with E-state index in [0.717, 1.165) is 24.9 Å². The van der Waals surface area contributed by atoms with Crippen LogP contribution in [-0.2, 0) is 6.42 Å². The van der Waals surface area contributed by atoms with E-state index in [-0.39, 0.29) is 11.9 Å². The van der Waals surface area contributed by atoms with Crippen LogP contribution in [0.1, 0.15) is 79.0 Å². The van der Waals surface area contributed by atoms with Crippen molar-refractivity contribution in [3.8, 4) is 0 Å². The zero-order valence-corrected chi connectivity index (χ0v) is 18.3. The Hall–Kier alpha value is -1.84. The fourth-order valence-electron chi connectivity index (χ4n) is 3.66. The van der Waals surface area contributed by atoms with E-state index in [1.165, 1.54) is 24.0 Å². The zero-order chi connectivity index (χ0) is 20.5. The molecule has 1 amide bonds. The molecule has 0 aliphatic heterocycles. The third kappa shape index (κ3) is 6.08. The van der Waals surface area contributed by atoms with Gasteiger partial charge in [0.15, 0.2) is 0 Å². The van der Waals surface area contributed by atoms with Crippen molar-refractivity contribution < 1.29 is 4.79 Å². The van der Waals surface area contributed by atoms with E-state index >= 15 is 0 Å². The number of halogens is 1. The lowest BCUT2D eigenvalue weighted by atomic mass is 9.86. The molecule has 0 aliphatic carbocycles. The second-order valence-electron chi connectivity index (χ2n) is 7.41. The average Bonchev–Trinajstić information content (AvgIpc) is 2.70. The van der Waals surface area contributed by atoms with Crippen molar-refractivity contribution in [1.82, 2.24) is 10.6 Å². The summed E-state index contributed by atoms with van der Waals surface area (Å²) in [4.78, 5) is 12.5. The number of benzene rings is 2. The second kappa shape index (κ2) is 11.2. The molecule has 2 rings (SSSR count). The lowest BCUT2D eigenvalue weighted by molar-refractivity contribution is 0.0940. The molecule has 0 heterocycles. The molecule has 0 saturated carbocycles. The Morgan fingerprint density at radius 3 is 2.43 bits per heavy atom. The molecule has 2 atom stereocenters. The van der Waals surface area contributed by atoms with Crippen molar-refractivity contribution in [3.63, 3.8) is 0 Å². The molecule has 0 aromatic heterocycles. The van der Waals surface area contributed by atoms with E-state index in [9.17, 15) is 4.79 Å². The van der Waals surface area contributed by atoms with Gasteiger partial charge in [-0.1, -0.05) is 50.1 Å². The molecule has 2 aromatic carbocycles. The van der Waals surface area contributed by atoms with Crippen molar-refractivity contribution in [3.05, 3.63) is 69.7 Å². The fraction of sp³-hybridized carbons (Fsp3) is 0.458. The third-order valence-corrected chi connectivity index (χ3v) is 5.59. The summed E-state index contributed by atoms with van der Waals surface area (Å²) < 4.78 is 0. The van der Waals surface area contributed by atoms with Gasteiger partial charge in [-0.3, -0.25) is 4.79 Å². The number of nitrogens with one attached hydrogen (secondary N) is 2. The highest BCUT2D eigenvalue weighted by atomic mass is 35.5. The van der Waals surface area contributed by atoms with Gasteiger partial charge in [-0.2, -0.15) is 0 Å². The van der Waals surface area contributed by atoms with Crippen molar-refractivity contribution >= 4 is 17.5 Å². The first-order chi connectivity index (χ1) is 13.5. The predicted molar refractivity (Wildman–Crippen MR) is 119 cm³/mol. The van der Waals surface area contributed by atoms with Crippen LogP contribution in [0, 0.1) is 0 Å². The SMILES string of the molecule is CCCC(CC)c1ccc(C(C)NC(=O)c2ccc(Cl)cc2)cc1CCNC. The van der Waals surface area contributed by atoms with E-state index in [2.05, 4.69) is 42.7 Å². The Kier molecular flexibility index (Phi) is 9.01. The van der Waals surface area contributed by atoms with Gasteiger partial charge in [-0.25, -0.2) is 0 Å². The Morgan fingerprint density at radius 1 is 1.11 bits per heavy atom. The summed E-state index contributed by atoms with van der Waals surface area (Å²) in [5, 5.41) is 7.00. The lowest BCUT2D eigenvalue weighted by Gasteiger charge is -2.22. The minimum Gasteiger partial charge on any atom is -0.346 e. The van der Waals surface area contributed by atoms with E-state index in [4.69, 9.17) is 11.6 Å². The minimum atomic E-state index is -0.0811. The topological polar surface area (TPSA) is 41.1 Å². The van der Waals surface area contributed by atoms with E-state index in [1.807, 2.05) is 14.0 Å². The molecule has 0 bridgehead atoms. The largest absolute Gasteiger partial charge is 0.346 e. The highest BCUT2D eigenvalue weighted by Gasteiger charge is 2.17. The lowest BCUT2D eigenvalue weighted by Crippen LogP contribution is -2.26. The van der Waals surface area contributed by atoms with Gasteiger partial charge in [-0.05, 0) is 86.7 Å². The molecule has 4 heteroatoms. The van der Waals surface area contributed by atoms with Crippen LogP contribution in [0.3, 0.4) is 0 Å². The van der Waals surface area contributed by atoms with Crippen LogP contribution in [-0.4, -0.2) is 19.5 Å². The molecule has 3 nitrogen and oxygen atoms in total. The summed E-state index contributed by atoms with van der Waals surface area (Å²) in [5.74, 6) is 0.521. The first-order valence-corrected chi connectivity index (χ1v) is 10.7. The number of carbonyl (C=O) groups is 1. The number of amides is 1. The highest BCUT2D eigenvalue weighted by Crippen LogP contribution is 2.30. The molecular formula is C24H33ClN2O. The number of rotatable bonds is 10. The van der Waals surface area contributed by atoms with Crippen LogP contribution >= 0.6 is 11.6 Å². The summed E-state index contributed by atoms with van der Waals surface area (Å²) in [7, 11) is 1.99. The predicted octanol–water partition coefficient (Wildman–Crippen LogP) is 5.89. The molecular weight excluding hydrogens is 368 g/mol. The smallest absolute Gasteiger partial charge is 0.251 e. The summed E-state index contributed by atoms with van der Waals surface area (Å²) in [6.45, 7) is 7.50. The van der Waals surface area contributed by atoms with Gasteiger partial charge in [0.1, 0.15) is 0 Å². The molecule has 2 unspecified atom stereocenters. The quantitative estimate of drug-likeness (QED) is 0.522. The Morgan fingerprint density at radius 2 is 1.82 bits per heavy atom. The number of likely N-dealkylation sites (N-methyl/N-ethyl adjacent to an activating group) is 1. The molecule has 0 fully saturated rings. The minimum absolute atomic E-state index is 0.0585. The van der Waals surface area contributed by atoms with Crippen molar-refractivity contribution in [2.75, 3.05) is 13.6 Å². The molecule has 152 valence electrons. The van der Waals surface area contributed by atoms with Gasteiger partial charge in [-0.15, -0.1) is 0 Å². The number of hydrogen-bond donors (Lipinski definition) is 2. The second-order valence-corrected chi connectivity index (χ2v) is 7.84. The first kappa shape index (κ1) is 22.4. The Bertz CT molecular complexity index is 758. The average molecular weight is 401 g/mol. The molecule has 0 saturated heterocycles. The Labute approximate surface area is 174 Å². The third-order valence-electron chi connectivity index (χ3n) is 5.34. The molecule has 0 radical (unpaired) electrons. The molecule has 2 N–H and O–H groups in total. The van der Waals surface area contributed by atoms with Crippen molar-refractivity contribution in [2.45, 2.75) is 58.4 Å². The summed E-state index contributed by atoms with van der Waals surface area (Å²) in [5.41, 5.74) is 4.61. The van der Waals surface area contributed by atoms with E-state index < -0.39 is 0 Å². The maximum atomic E-state index is 12.5. The molecule has 0 aliphatic rings.